The maximum Gasteiger partial charge on any atom is 0.229 e. The summed E-state index contributed by atoms with van der Waals surface area (Å²) in [6, 6.07) is 5.67. The second kappa shape index (κ2) is 11.8. The monoisotopic (exact) mass is 610 g/mol. The number of aliphatic hydroxyl groups is 7. The quantitative estimate of drug-likeness (QED) is 0.144. The molecule has 2 fully saturated rings. The third-order valence-corrected chi connectivity index (χ3v) is 7.31. The van der Waals surface area contributed by atoms with Crippen LogP contribution >= 0.6 is 0 Å². The summed E-state index contributed by atoms with van der Waals surface area (Å²) >= 11 is 0. The maximum atomic E-state index is 13.1. The third kappa shape index (κ3) is 5.55. The predicted octanol–water partition coefficient (Wildman–Crippen LogP) is -2.04. The van der Waals surface area contributed by atoms with Gasteiger partial charge in [-0.1, -0.05) is 0 Å². The van der Waals surface area contributed by atoms with Gasteiger partial charge in [-0.15, -0.1) is 0 Å². The van der Waals surface area contributed by atoms with Crippen molar-refractivity contribution in [3.05, 3.63) is 40.6 Å². The van der Waals surface area contributed by atoms with Gasteiger partial charge in [0, 0.05) is 17.7 Å². The van der Waals surface area contributed by atoms with Gasteiger partial charge in [0.1, 0.15) is 59.5 Å². The van der Waals surface area contributed by atoms with Crippen molar-refractivity contribution in [2.24, 2.45) is 0 Å². The Labute approximate surface area is 241 Å². The smallest absolute Gasteiger partial charge is 0.229 e. The van der Waals surface area contributed by atoms with Gasteiger partial charge >= 0.3 is 0 Å². The average molecular weight is 611 g/mol. The molecule has 0 unspecified atom stereocenters. The molecule has 2 aliphatic heterocycles. The number of benzene rings is 2. The van der Waals surface area contributed by atoms with Gasteiger partial charge in [0.05, 0.1) is 12.7 Å². The molecule has 1 aromatic heterocycles. The van der Waals surface area contributed by atoms with Gasteiger partial charge in [0.15, 0.2) is 28.4 Å². The molecule has 0 spiro atoms. The van der Waals surface area contributed by atoms with Crippen LogP contribution in [0.4, 0.5) is 0 Å². The largest absolute Gasteiger partial charge is 0.504 e. The lowest BCUT2D eigenvalue weighted by atomic mass is 9.99. The molecule has 0 radical (unpaired) electrons. The van der Waals surface area contributed by atoms with E-state index < -0.39 is 102 Å². The Balaban J connectivity index is 1.46. The highest BCUT2D eigenvalue weighted by Gasteiger charge is 2.46. The second-order valence-electron chi connectivity index (χ2n) is 10.2. The fourth-order valence-corrected chi connectivity index (χ4v) is 4.81. The minimum atomic E-state index is -1.87. The molecule has 0 aliphatic carbocycles. The number of hydrogen-bond acceptors (Lipinski definition) is 16. The minimum absolute atomic E-state index is 0.113. The Bertz CT molecular complexity index is 1540. The summed E-state index contributed by atoms with van der Waals surface area (Å²) in [7, 11) is 0. The normalized spacial score (nSPS) is 32.9. The number of phenols is 3. The first-order valence-electron chi connectivity index (χ1n) is 13.0. The maximum absolute atomic E-state index is 13.1. The lowest BCUT2D eigenvalue weighted by Gasteiger charge is -2.39. The van der Waals surface area contributed by atoms with Crippen molar-refractivity contribution < 1.29 is 74.4 Å². The Morgan fingerprint density at radius 1 is 0.767 bits per heavy atom. The van der Waals surface area contributed by atoms with Crippen LogP contribution in [0.5, 0.6) is 28.7 Å². The first kappa shape index (κ1) is 30.7. The second-order valence-corrected chi connectivity index (χ2v) is 10.2. The molecule has 234 valence electrons. The van der Waals surface area contributed by atoms with E-state index in [-0.39, 0.29) is 22.7 Å². The van der Waals surface area contributed by atoms with Crippen molar-refractivity contribution in [1.82, 2.24) is 0 Å². The zero-order valence-corrected chi connectivity index (χ0v) is 22.3. The molecule has 0 saturated carbocycles. The lowest BCUT2D eigenvalue weighted by Crippen LogP contribution is -2.60. The lowest BCUT2D eigenvalue weighted by molar-refractivity contribution is -0.277. The van der Waals surface area contributed by atoms with Gasteiger partial charge in [-0.2, -0.15) is 0 Å². The summed E-state index contributed by atoms with van der Waals surface area (Å²) in [5.74, 6) is -3.15. The highest BCUT2D eigenvalue weighted by Crippen LogP contribution is 2.43. The standard InChI is InChI=1S/C27H30O16/c1-8-18(32)21(35)23(37)26(39-8)41-14-4-9(2-3-10(14)29)13-5-11(30)17-15(40-13)6-12(31)25(20(17)34)43-27-24(38)22(36)19(33)16(7-28)42-27/h2-6,8,16,18-19,21-24,26-29,31-38H,7H2,1H3/t8-,16+,18-,19+,21+,22-,23+,24+,26-,27-/m0/s1. The zero-order chi connectivity index (χ0) is 31.3. The summed E-state index contributed by atoms with van der Waals surface area (Å²) in [5, 5.41) is 101. The van der Waals surface area contributed by atoms with E-state index in [9.17, 15) is 55.9 Å². The van der Waals surface area contributed by atoms with E-state index in [1.54, 1.807) is 0 Å². The molecule has 0 bridgehead atoms. The van der Waals surface area contributed by atoms with Crippen molar-refractivity contribution in [2.45, 2.75) is 68.3 Å². The highest BCUT2D eigenvalue weighted by atomic mass is 16.7. The number of fused-ring (bicyclic) bond motifs is 1. The molecule has 2 saturated heterocycles. The fourth-order valence-electron chi connectivity index (χ4n) is 4.81. The number of ether oxygens (including phenoxy) is 4. The summed E-state index contributed by atoms with van der Waals surface area (Å²) in [4.78, 5) is 13.1. The number of aromatic hydroxyl groups is 3. The molecular formula is C27H30O16. The Kier molecular flexibility index (Phi) is 8.41. The molecule has 43 heavy (non-hydrogen) atoms. The van der Waals surface area contributed by atoms with Crippen molar-refractivity contribution in [3.8, 4) is 40.1 Å². The van der Waals surface area contributed by atoms with E-state index in [4.69, 9.17) is 23.4 Å². The van der Waals surface area contributed by atoms with Crippen LogP contribution in [-0.4, -0.2) is 119 Å². The minimum Gasteiger partial charge on any atom is -0.504 e. The molecule has 16 heteroatoms. The van der Waals surface area contributed by atoms with Gasteiger partial charge in [-0.3, -0.25) is 4.79 Å². The van der Waals surface area contributed by atoms with Gasteiger partial charge in [-0.25, -0.2) is 0 Å². The van der Waals surface area contributed by atoms with E-state index in [0.717, 1.165) is 12.1 Å². The first-order chi connectivity index (χ1) is 20.3. The summed E-state index contributed by atoms with van der Waals surface area (Å²) < 4.78 is 27.2. The van der Waals surface area contributed by atoms with E-state index >= 15 is 0 Å². The van der Waals surface area contributed by atoms with Crippen molar-refractivity contribution in [3.63, 3.8) is 0 Å². The SMILES string of the molecule is C[C@@H]1O[C@@H](Oc2cc(-c3cc(=O)c4c(O)c(O[C@@H]5O[C@H](CO)[C@@H](O)[C@H](O)[C@H]5O)c(O)cc4o3)ccc2O)[C@H](O)[C@H](O)[C@H]1O. The van der Waals surface area contributed by atoms with Crippen LogP contribution < -0.4 is 14.9 Å². The Hall–Kier alpha value is -3.71. The Morgan fingerprint density at radius 3 is 2.09 bits per heavy atom. The zero-order valence-electron chi connectivity index (χ0n) is 22.3. The van der Waals surface area contributed by atoms with Crippen LogP contribution in [0.1, 0.15) is 6.92 Å². The molecule has 3 heterocycles. The average Bonchev–Trinajstić information content (AvgIpc) is 2.97. The third-order valence-electron chi connectivity index (χ3n) is 7.31. The van der Waals surface area contributed by atoms with Crippen LogP contribution in [-0.2, 0) is 9.47 Å². The van der Waals surface area contributed by atoms with Crippen molar-refractivity contribution in [2.75, 3.05) is 6.61 Å². The number of rotatable bonds is 6. The molecule has 10 N–H and O–H groups in total. The molecule has 10 atom stereocenters. The summed E-state index contributed by atoms with van der Waals surface area (Å²) in [6.45, 7) is 0.691. The van der Waals surface area contributed by atoms with Crippen molar-refractivity contribution in [1.29, 1.82) is 0 Å². The molecule has 0 amide bonds. The van der Waals surface area contributed by atoms with Crippen LogP contribution in [0.3, 0.4) is 0 Å². The van der Waals surface area contributed by atoms with Crippen molar-refractivity contribution >= 4 is 11.0 Å². The molecule has 2 aliphatic rings. The van der Waals surface area contributed by atoms with Crippen LogP contribution in [0.25, 0.3) is 22.3 Å². The molecule has 16 nitrogen and oxygen atoms in total. The summed E-state index contributed by atoms with van der Waals surface area (Å²) in [5.41, 5.74) is -0.975. The van der Waals surface area contributed by atoms with Gasteiger partial charge in [-0.05, 0) is 25.1 Å². The van der Waals surface area contributed by atoms with E-state index in [1.165, 1.54) is 25.1 Å². The van der Waals surface area contributed by atoms with E-state index in [2.05, 4.69) is 0 Å². The van der Waals surface area contributed by atoms with Gasteiger partial charge < -0.3 is 74.4 Å². The fraction of sp³-hybridized carbons (Fsp3) is 0.444. The van der Waals surface area contributed by atoms with Crippen LogP contribution in [0, 0.1) is 0 Å². The number of aliphatic hydroxyl groups excluding tert-OH is 7. The van der Waals surface area contributed by atoms with Gasteiger partial charge in [0.25, 0.3) is 0 Å². The topological polar surface area (TPSA) is 269 Å². The van der Waals surface area contributed by atoms with Crippen LogP contribution in [0.15, 0.2) is 39.5 Å². The van der Waals surface area contributed by atoms with E-state index in [0.29, 0.717) is 0 Å². The number of hydrogen-bond donors (Lipinski definition) is 10. The molecule has 3 aromatic rings. The van der Waals surface area contributed by atoms with E-state index in [1.807, 2.05) is 0 Å². The predicted molar refractivity (Wildman–Crippen MR) is 140 cm³/mol. The van der Waals surface area contributed by atoms with Gasteiger partial charge in [0.2, 0.25) is 18.3 Å². The van der Waals surface area contributed by atoms with Crippen LogP contribution in [0.2, 0.25) is 0 Å². The molecule has 2 aromatic carbocycles. The highest BCUT2D eigenvalue weighted by molar-refractivity contribution is 5.89. The number of phenolic OH excluding ortho intramolecular Hbond substituents is 3. The first-order valence-corrected chi connectivity index (χ1v) is 13.0. The Morgan fingerprint density at radius 2 is 1.42 bits per heavy atom. The molecular weight excluding hydrogens is 580 g/mol. The summed E-state index contributed by atoms with van der Waals surface area (Å²) in [6.07, 6.45) is -15.5. The molecule has 5 rings (SSSR count).